The molecule has 7 heteroatoms. The Morgan fingerprint density at radius 3 is 2.08 bits per heavy atom. The van der Waals surface area contributed by atoms with Crippen molar-refractivity contribution >= 4 is 11.9 Å². The molecule has 0 aromatic heterocycles. The molecule has 0 amide bonds. The first-order chi connectivity index (χ1) is 18.4. The first kappa shape index (κ1) is 24.0. The number of halogens is 2. The highest BCUT2D eigenvalue weighted by atomic mass is 19.1. The fraction of sp³-hybridized carbons (Fsp3) is 0.161. The molecule has 0 saturated carbocycles. The summed E-state index contributed by atoms with van der Waals surface area (Å²) in [6, 6.07) is 19.8. The Bertz CT molecular complexity index is 1560. The standard InChI is InChI=1S/C31H23F2NO4/c1-34-16-15-18-3-2-4-24-27(18)25(34)17-21-9-14-26(37-30(35)19-5-10-22(32)11-6-19)29(28(21)24)38-31(36)20-7-12-23(33)13-8-20/h2-14,25H,15-17H2,1H3/t25-/m0/s1. The molecule has 0 spiro atoms. The number of hydrogen-bond donors (Lipinski definition) is 0. The van der Waals surface area contributed by atoms with Gasteiger partial charge in [-0.1, -0.05) is 24.3 Å². The van der Waals surface area contributed by atoms with Crippen LogP contribution in [0.4, 0.5) is 8.78 Å². The van der Waals surface area contributed by atoms with Crippen molar-refractivity contribution in [3.05, 3.63) is 118 Å². The minimum atomic E-state index is -0.715. The highest BCUT2D eigenvalue weighted by Crippen LogP contribution is 2.51. The van der Waals surface area contributed by atoms with Crippen molar-refractivity contribution in [1.29, 1.82) is 0 Å². The number of esters is 2. The Kier molecular flexibility index (Phi) is 6.00. The quantitative estimate of drug-likeness (QED) is 0.243. The molecule has 0 unspecified atom stereocenters. The number of fused-ring (bicyclic) bond motifs is 2. The van der Waals surface area contributed by atoms with E-state index < -0.39 is 23.6 Å². The summed E-state index contributed by atoms with van der Waals surface area (Å²) in [6.45, 7) is 0.941. The van der Waals surface area contributed by atoms with Crippen molar-refractivity contribution in [3.8, 4) is 22.6 Å². The average Bonchev–Trinajstić information content (AvgIpc) is 2.92. The second kappa shape index (κ2) is 9.50. The second-order valence-corrected chi connectivity index (χ2v) is 9.55. The van der Waals surface area contributed by atoms with E-state index in [4.69, 9.17) is 9.47 Å². The number of rotatable bonds is 4. The van der Waals surface area contributed by atoms with Gasteiger partial charge < -0.3 is 9.47 Å². The topological polar surface area (TPSA) is 55.8 Å². The summed E-state index contributed by atoms with van der Waals surface area (Å²) in [7, 11) is 2.10. The van der Waals surface area contributed by atoms with Crippen LogP contribution in [0.1, 0.15) is 43.4 Å². The van der Waals surface area contributed by atoms with Crippen molar-refractivity contribution in [2.75, 3.05) is 13.6 Å². The third-order valence-corrected chi connectivity index (χ3v) is 7.24. The average molecular weight is 512 g/mol. The van der Waals surface area contributed by atoms with Gasteiger partial charge >= 0.3 is 11.9 Å². The SMILES string of the molecule is CN1CCc2cccc3c2[C@@H]1Cc1ccc(OC(=O)c2ccc(F)cc2)c(OC(=O)c2ccc(F)cc2)c1-3. The highest BCUT2D eigenvalue weighted by molar-refractivity contribution is 5.96. The van der Waals surface area contributed by atoms with Gasteiger partial charge in [0.25, 0.3) is 0 Å². The van der Waals surface area contributed by atoms with Crippen molar-refractivity contribution < 1.29 is 27.8 Å². The normalized spacial score (nSPS) is 15.8. The third kappa shape index (κ3) is 4.25. The van der Waals surface area contributed by atoms with Gasteiger partial charge in [0, 0.05) is 18.2 Å². The van der Waals surface area contributed by atoms with Crippen LogP contribution in [0.2, 0.25) is 0 Å². The molecule has 0 saturated heterocycles. The zero-order valence-electron chi connectivity index (χ0n) is 20.5. The molecule has 5 nitrogen and oxygen atoms in total. The first-order valence-electron chi connectivity index (χ1n) is 12.3. The van der Waals surface area contributed by atoms with Gasteiger partial charge in [0.15, 0.2) is 11.5 Å². The van der Waals surface area contributed by atoms with Crippen LogP contribution >= 0.6 is 0 Å². The zero-order valence-corrected chi connectivity index (χ0v) is 20.5. The molecule has 2 aliphatic rings. The molecule has 38 heavy (non-hydrogen) atoms. The molecule has 4 aromatic rings. The van der Waals surface area contributed by atoms with Crippen LogP contribution in [0, 0.1) is 11.6 Å². The maximum atomic E-state index is 13.5. The maximum Gasteiger partial charge on any atom is 0.343 e. The number of ether oxygens (including phenoxy) is 2. The first-order valence-corrected chi connectivity index (χ1v) is 12.3. The molecule has 1 aliphatic carbocycles. The Morgan fingerprint density at radius 2 is 1.42 bits per heavy atom. The van der Waals surface area contributed by atoms with Crippen molar-refractivity contribution in [1.82, 2.24) is 4.90 Å². The lowest BCUT2D eigenvalue weighted by Gasteiger charge is -2.40. The molecule has 0 N–H and O–H groups in total. The van der Waals surface area contributed by atoms with Crippen LogP contribution in [0.15, 0.2) is 78.9 Å². The van der Waals surface area contributed by atoms with Gasteiger partial charge in [-0.05, 0) is 96.7 Å². The summed E-state index contributed by atoms with van der Waals surface area (Å²) >= 11 is 0. The predicted octanol–water partition coefficient (Wildman–Crippen LogP) is 6.16. The van der Waals surface area contributed by atoms with Crippen LogP contribution in [0.5, 0.6) is 11.5 Å². The Hall–Kier alpha value is -4.36. The monoisotopic (exact) mass is 511 g/mol. The van der Waals surface area contributed by atoms with Crippen LogP contribution < -0.4 is 9.47 Å². The van der Waals surface area contributed by atoms with E-state index in [9.17, 15) is 18.4 Å². The number of carbonyl (C=O) groups excluding carboxylic acids is 2. The molecule has 0 radical (unpaired) electrons. The number of likely N-dealkylation sites (N-methyl/N-ethyl adjacent to an activating group) is 1. The third-order valence-electron chi connectivity index (χ3n) is 7.24. The van der Waals surface area contributed by atoms with Gasteiger partial charge in [-0.2, -0.15) is 0 Å². The smallest absolute Gasteiger partial charge is 0.343 e. The van der Waals surface area contributed by atoms with Crippen molar-refractivity contribution in [3.63, 3.8) is 0 Å². The van der Waals surface area contributed by atoms with Crippen LogP contribution in [-0.2, 0) is 12.8 Å². The molecular weight excluding hydrogens is 488 g/mol. The highest BCUT2D eigenvalue weighted by Gasteiger charge is 2.35. The number of hydrogen-bond acceptors (Lipinski definition) is 5. The van der Waals surface area contributed by atoms with Crippen molar-refractivity contribution in [2.24, 2.45) is 0 Å². The molecular formula is C31H23F2NO4. The van der Waals surface area contributed by atoms with Crippen LogP contribution in [0.3, 0.4) is 0 Å². The van der Waals surface area contributed by atoms with Crippen LogP contribution in [0.25, 0.3) is 11.1 Å². The van der Waals surface area contributed by atoms with Crippen LogP contribution in [-0.4, -0.2) is 30.4 Å². The van der Waals surface area contributed by atoms with Gasteiger partial charge in [-0.3, -0.25) is 4.90 Å². The molecule has 1 heterocycles. The molecule has 0 bridgehead atoms. The minimum Gasteiger partial charge on any atom is -0.419 e. The van der Waals surface area contributed by atoms with Gasteiger partial charge in [0.05, 0.1) is 11.1 Å². The Morgan fingerprint density at radius 1 is 0.789 bits per heavy atom. The fourth-order valence-corrected chi connectivity index (χ4v) is 5.32. The van der Waals surface area contributed by atoms with E-state index in [1.807, 2.05) is 18.2 Å². The van der Waals surface area contributed by atoms with Crippen molar-refractivity contribution in [2.45, 2.75) is 18.9 Å². The number of carbonyl (C=O) groups is 2. The Balaban J connectivity index is 1.48. The molecule has 190 valence electrons. The summed E-state index contributed by atoms with van der Waals surface area (Å²) < 4.78 is 38.5. The lowest BCUT2D eigenvalue weighted by molar-refractivity contribution is 0.0683. The summed E-state index contributed by atoms with van der Waals surface area (Å²) in [5, 5.41) is 0. The lowest BCUT2D eigenvalue weighted by Crippen LogP contribution is -2.35. The molecule has 1 aliphatic heterocycles. The maximum absolute atomic E-state index is 13.5. The Labute approximate surface area is 218 Å². The minimum absolute atomic E-state index is 0.0637. The summed E-state index contributed by atoms with van der Waals surface area (Å²) in [4.78, 5) is 28.5. The fourth-order valence-electron chi connectivity index (χ4n) is 5.32. The van der Waals surface area contributed by atoms with Gasteiger partial charge in [0.2, 0.25) is 0 Å². The number of benzene rings is 4. The van der Waals surface area contributed by atoms with Gasteiger partial charge in [0.1, 0.15) is 11.6 Å². The summed E-state index contributed by atoms with van der Waals surface area (Å²) in [5.74, 6) is -2.19. The second-order valence-electron chi connectivity index (χ2n) is 9.55. The van der Waals surface area contributed by atoms with E-state index in [0.29, 0.717) is 12.0 Å². The van der Waals surface area contributed by atoms with E-state index in [0.717, 1.165) is 24.1 Å². The van der Waals surface area contributed by atoms with E-state index in [2.05, 4.69) is 18.0 Å². The summed E-state index contributed by atoms with van der Waals surface area (Å²) in [5.41, 5.74) is 5.28. The molecule has 0 fully saturated rings. The van der Waals surface area contributed by atoms with E-state index in [1.54, 1.807) is 6.07 Å². The molecule has 1 atom stereocenters. The summed E-state index contributed by atoms with van der Waals surface area (Å²) in [6.07, 6.45) is 1.60. The zero-order chi connectivity index (χ0) is 26.4. The van der Waals surface area contributed by atoms with Gasteiger partial charge in [-0.25, -0.2) is 18.4 Å². The van der Waals surface area contributed by atoms with E-state index in [-0.39, 0.29) is 28.7 Å². The number of nitrogens with zero attached hydrogens (tertiary/aromatic N) is 1. The van der Waals surface area contributed by atoms with Gasteiger partial charge in [-0.15, -0.1) is 0 Å². The van der Waals surface area contributed by atoms with E-state index in [1.165, 1.54) is 59.7 Å². The largest absolute Gasteiger partial charge is 0.419 e. The lowest BCUT2D eigenvalue weighted by atomic mass is 9.77. The van der Waals surface area contributed by atoms with E-state index >= 15 is 0 Å². The molecule has 4 aromatic carbocycles. The molecule has 6 rings (SSSR count). The predicted molar refractivity (Wildman–Crippen MR) is 137 cm³/mol.